The topological polar surface area (TPSA) is 3.24 Å². The highest BCUT2D eigenvalue weighted by Gasteiger charge is 2.16. The molecular formula is C54H35NS. The van der Waals surface area contributed by atoms with E-state index >= 15 is 0 Å². The fourth-order valence-electron chi connectivity index (χ4n) is 8.51. The van der Waals surface area contributed by atoms with Crippen molar-refractivity contribution in [1.82, 2.24) is 0 Å². The highest BCUT2D eigenvalue weighted by Crippen LogP contribution is 2.42. The Morgan fingerprint density at radius 1 is 0.286 bits per heavy atom. The fraction of sp³-hybridized carbons (Fsp3) is 0. The van der Waals surface area contributed by atoms with Gasteiger partial charge < -0.3 is 4.90 Å². The van der Waals surface area contributed by atoms with Crippen molar-refractivity contribution in [2.24, 2.45) is 0 Å². The minimum absolute atomic E-state index is 1.11. The van der Waals surface area contributed by atoms with E-state index in [1.807, 2.05) is 11.3 Å². The predicted molar refractivity (Wildman–Crippen MR) is 243 cm³/mol. The normalized spacial score (nSPS) is 11.6. The van der Waals surface area contributed by atoms with Crippen LogP contribution in [0.3, 0.4) is 0 Å². The Kier molecular flexibility index (Phi) is 7.75. The van der Waals surface area contributed by atoms with Crippen LogP contribution < -0.4 is 4.90 Å². The van der Waals surface area contributed by atoms with Crippen LogP contribution in [0.4, 0.5) is 17.1 Å². The molecule has 11 aromatic rings. The molecule has 0 spiro atoms. The summed E-state index contributed by atoms with van der Waals surface area (Å²) in [6.07, 6.45) is 0. The Hall–Kier alpha value is -7.00. The van der Waals surface area contributed by atoms with Crippen molar-refractivity contribution in [1.29, 1.82) is 0 Å². The van der Waals surface area contributed by atoms with Gasteiger partial charge in [0.25, 0.3) is 0 Å². The van der Waals surface area contributed by atoms with Gasteiger partial charge in [-0.2, -0.15) is 0 Å². The molecule has 0 aliphatic rings. The molecule has 56 heavy (non-hydrogen) atoms. The van der Waals surface area contributed by atoms with Gasteiger partial charge in [0, 0.05) is 26.6 Å². The highest BCUT2D eigenvalue weighted by molar-refractivity contribution is 7.22. The Balaban J connectivity index is 1.02. The van der Waals surface area contributed by atoms with Gasteiger partial charge in [-0.05, 0) is 137 Å². The first-order chi connectivity index (χ1) is 27.7. The maximum Gasteiger partial charge on any atom is 0.0462 e. The number of hydrogen-bond donors (Lipinski definition) is 0. The van der Waals surface area contributed by atoms with Gasteiger partial charge in [-0.3, -0.25) is 0 Å². The van der Waals surface area contributed by atoms with Crippen LogP contribution in [0.25, 0.3) is 85.9 Å². The van der Waals surface area contributed by atoms with E-state index < -0.39 is 0 Å². The average Bonchev–Trinajstić information content (AvgIpc) is 3.71. The summed E-state index contributed by atoms with van der Waals surface area (Å²) in [5.41, 5.74) is 9.46. The molecule has 1 aromatic heterocycles. The van der Waals surface area contributed by atoms with Crippen molar-refractivity contribution in [3.8, 4) is 32.7 Å². The summed E-state index contributed by atoms with van der Waals surface area (Å²) in [5.74, 6) is 0. The van der Waals surface area contributed by atoms with Crippen LogP contribution in [-0.2, 0) is 0 Å². The molecule has 10 aromatic carbocycles. The molecule has 11 rings (SSSR count). The Bertz CT molecular complexity index is 3030. The van der Waals surface area contributed by atoms with Crippen LogP contribution in [0.1, 0.15) is 0 Å². The van der Waals surface area contributed by atoms with E-state index in [1.54, 1.807) is 0 Å². The van der Waals surface area contributed by atoms with E-state index in [2.05, 4.69) is 217 Å². The minimum Gasteiger partial charge on any atom is -0.311 e. The van der Waals surface area contributed by atoms with Crippen molar-refractivity contribution in [3.05, 3.63) is 212 Å². The standard InChI is InChI=1S/C54H35NS/c1-4-14-45-39(11-1)33-51(49-18-8-6-16-47(45)49)36-21-27-42(28-22-36)55(44-31-25-38(26-32-44)54-35-41-13-3-10-20-53(41)56-54)43-29-23-37(24-30-43)52-34-40-12-2-5-15-46(40)48-17-7-9-19-50(48)52/h1-35H. The molecule has 0 N–H and O–H groups in total. The maximum absolute atomic E-state index is 2.37. The van der Waals surface area contributed by atoms with Gasteiger partial charge in [0.05, 0.1) is 0 Å². The molecule has 0 saturated heterocycles. The number of nitrogens with zero attached hydrogens (tertiary/aromatic N) is 1. The van der Waals surface area contributed by atoms with Crippen LogP contribution in [0.15, 0.2) is 212 Å². The summed E-state index contributed by atoms with van der Waals surface area (Å²) >= 11 is 1.85. The molecule has 0 unspecified atom stereocenters. The van der Waals surface area contributed by atoms with Gasteiger partial charge in [-0.15, -0.1) is 11.3 Å². The quantitative estimate of drug-likeness (QED) is 0.154. The van der Waals surface area contributed by atoms with Crippen LogP contribution in [0, 0.1) is 0 Å². The average molecular weight is 730 g/mol. The number of thiophene rings is 1. The number of anilines is 3. The highest BCUT2D eigenvalue weighted by atomic mass is 32.1. The van der Waals surface area contributed by atoms with E-state index in [4.69, 9.17) is 0 Å². The molecule has 0 bridgehead atoms. The van der Waals surface area contributed by atoms with E-state index in [-0.39, 0.29) is 0 Å². The van der Waals surface area contributed by atoms with Crippen molar-refractivity contribution < 1.29 is 0 Å². The molecule has 0 aliphatic carbocycles. The zero-order valence-electron chi connectivity index (χ0n) is 30.6. The molecule has 0 amide bonds. The van der Waals surface area contributed by atoms with Gasteiger partial charge >= 0.3 is 0 Å². The number of hydrogen-bond acceptors (Lipinski definition) is 2. The van der Waals surface area contributed by atoms with E-state index in [0.29, 0.717) is 0 Å². The third kappa shape index (κ3) is 5.54. The van der Waals surface area contributed by atoms with E-state index in [0.717, 1.165) is 17.1 Å². The first-order valence-electron chi connectivity index (χ1n) is 19.2. The lowest BCUT2D eigenvalue weighted by Gasteiger charge is -2.26. The third-order valence-corrected chi connectivity index (χ3v) is 12.4. The summed E-state index contributed by atoms with van der Waals surface area (Å²) < 4.78 is 1.31. The molecule has 0 radical (unpaired) electrons. The van der Waals surface area contributed by atoms with E-state index in [9.17, 15) is 0 Å². The minimum atomic E-state index is 1.11. The summed E-state index contributed by atoms with van der Waals surface area (Å²) in [5, 5.41) is 11.5. The zero-order valence-corrected chi connectivity index (χ0v) is 31.4. The molecule has 0 saturated carbocycles. The second kappa shape index (κ2) is 13.4. The predicted octanol–water partition coefficient (Wildman–Crippen LogP) is 16.0. The van der Waals surface area contributed by atoms with Gasteiger partial charge in [-0.25, -0.2) is 0 Å². The second-order valence-corrected chi connectivity index (χ2v) is 15.6. The van der Waals surface area contributed by atoms with Crippen molar-refractivity contribution in [3.63, 3.8) is 0 Å². The van der Waals surface area contributed by atoms with Crippen molar-refractivity contribution in [2.45, 2.75) is 0 Å². The zero-order chi connectivity index (χ0) is 37.0. The Morgan fingerprint density at radius 3 is 1.12 bits per heavy atom. The molecule has 0 aliphatic heterocycles. The number of fused-ring (bicyclic) bond motifs is 7. The lowest BCUT2D eigenvalue weighted by molar-refractivity contribution is 1.28. The summed E-state index contributed by atoms with van der Waals surface area (Å²) in [6, 6.07) is 77.8. The Morgan fingerprint density at radius 2 is 0.661 bits per heavy atom. The van der Waals surface area contributed by atoms with Crippen molar-refractivity contribution >= 4 is 81.6 Å². The van der Waals surface area contributed by atoms with Crippen LogP contribution >= 0.6 is 11.3 Å². The van der Waals surface area contributed by atoms with Gasteiger partial charge in [0.1, 0.15) is 0 Å². The maximum atomic E-state index is 2.37. The lowest BCUT2D eigenvalue weighted by Crippen LogP contribution is -2.09. The molecule has 1 heterocycles. The molecule has 262 valence electrons. The molecule has 0 atom stereocenters. The van der Waals surface area contributed by atoms with Crippen LogP contribution in [0.2, 0.25) is 0 Å². The molecule has 1 nitrogen and oxygen atoms in total. The SMILES string of the molecule is c1ccc2sc(-c3ccc(N(c4ccc(-c5cc6ccccc6c6ccccc56)cc4)c4ccc(-c5cc6ccccc6c6ccccc56)cc4)cc3)cc2c1. The van der Waals surface area contributed by atoms with Crippen molar-refractivity contribution in [2.75, 3.05) is 4.90 Å². The van der Waals surface area contributed by atoms with Gasteiger partial charge in [0.15, 0.2) is 0 Å². The fourth-order valence-corrected chi connectivity index (χ4v) is 9.58. The first kappa shape index (κ1) is 32.4. The smallest absolute Gasteiger partial charge is 0.0462 e. The molecule has 0 fully saturated rings. The first-order valence-corrected chi connectivity index (χ1v) is 20.0. The second-order valence-electron chi connectivity index (χ2n) is 14.5. The summed E-state index contributed by atoms with van der Waals surface area (Å²) in [7, 11) is 0. The lowest BCUT2D eigenvalue weighted by atomic mass is 9.93. The van der Waals surface area contributed by atoms with Crippen LogP contribution in [-0.4, -0.2) is 0 Å². The third-order valence-electron chi connectivity index (χ3n) is 11.2. The van der Waals surface area contributed by atoms with Gasteiger partial charge in [0.2, 0.25) is 0 Å². The van der Waals surface area contributed by atoms with Crippen LogP contribution in [0.5, 0.6) is 0 Å². The number of rotatable bonds is 6. The summed E-state index contributed by atoms with van der Waals surface area (Å²) in [6.45, 7) is 0. The van der Waals surface area contributed by atoms with E-state index in [1.165, 1.54) is 85.9 Å². The Labute approximate surface area is 330 Å². The van der Waals surface area contributed by atoms with Gasteiger partial charge in [-0.1, -0.05) is 152 Å². The monoisotopic (exact) mass is 729 g/mol. The number of benzene rings is 10. The largest absolute Gasteiger partial charge is 0.311 e. The molecule has 2 heteroatoms. The molecular weight excluding hydrogens is 695 g/mol. The summed E-state index contributed by atoms with van der Waals surface area (Å²) in [4.78, 5) is 3.66.